The summed E-state index contributed by atoms with van der Waals surface area (Å²) in [5.74, 6) is 0.833. The maximum Gasteiger partial charge on any atom is 0.119 e. The normalized spacial score (nSPS) is 10.8. The van der Waals surface area contributed by atoms with Crippen molar-refractivity contribution in [1.82, 2.24) is 9.80 Å². The fourth-order valence-corrected chi connectivity index (χ4v) is 1.92. The molecular weight excluding hydrogens is 250 g/mol. The summed E-state index contributed by atoms with van der Waals surface area (Å²) in [6.07, 6.45) is 2.21. The van der Waals surface area contributed by atoms with Gasteiger partial charge in [-0.1, -0.05) is 0 Å². The Kier molecular flexibility index (Phi) is 7.71. The van der Waals surface area contributed by atoms with E-state index < -0.39 is 0 Å². The molecule has 0 saturated heterocycles. The van der Waals surface area contributed by atoms with Crippen LogP contribution in [0.25, 0.3) is 0 Å². The summed E-state index contributed by atoms with van der Waals surface area (Å²) in [6, 6.07) is 9.35. The highest BCUT2D eigenvalue weighted by molar-refractivity contribution is 5.34. The maximum atomic E-state index is 8.71. The minimum absolute atomic E-state index is 0.665. The highest BCUT2D eigenvalue weighted by Gasteiger charge is 2.00. The summed E-state index contributed by atoms with van der Waals surface area (Å²) < 4.78 is 5.65. The lowest BCUT2D eigenvalue weighted by Crippen LogP contribution is -2.25. The third-order valence-corrected chi connectivity index (χ3v) is 3.08. The molecule has 4 heteroatoms. The zero-order chi connectivity index (χ0) is 14.8. The topological polar surface area (TPSA) is 39.5 Å². The summed E-state index contributed by atoms with van der Waals surface area (Å²) in [4.78, 5) is 4.55. The monoisotopic (exact) mass is 275 g/mol. The van der Waals surface area contributed by atoms with Crippen molar-refractivity contribution in [2.24, 2.45) is 0 Å². The van der Waals surface area contributed by atoms with Crippen molar-refractivity contribution in [2.45, 2.75) is 12.8 Å². The molecular formula is C16H25N3O. The first-order valence-electron chi connectivity index (χ1n) is 7.08. The predicted molar refractivity (Wildman–Crippen MR) is 81.9 cm³/mol. The lowest BCUT2D eigenvalue weighted by Gasteiger charge is -2.18. The second-order valence-corrected chi connectivity index (χ2v) is 5.30. The van der Waals surface area contributed by atoms with E-state index in [1.165, 1.54) is 6.42 Å². The lowest BCUT2D eigenvalue weighted by atomic mass is 10.2. The van der Waals surface area contributed by atoms with Crippen LogP contribution in [0.5, 0.6) is 5.75 Å². The second kappa shape index (κ2) is 9.35. The van der Waals surface area contributed by atoms with E-state index >= 15 is 0 Å². The van der Waals surface area contributed by atoms with Crippen molar-refractivity contribution in [3.05, 3.63) is 29.8 Å². The molecule has 20 heavy (non-hydrogen) atoms. The number of rotatable bonds is 9. The average Bonchev–Trinajstić information content (AvgIpc) is 2.44. The molecule has 0 radical (unpaired) electrons. The average molecular weight is 275 g/mol. The Hall–Kier alpha value is -1.57. The van der Waals surface area contributed by atoms with Crippen molar-refractivity contribution >= 4 is 0 Å². The van der Waals surface area contributed by atoms with Gasteiger partial charge in [0.15, 0.2) is 0 Å². The molecule has 0 bridgehead atoms. The van der Waals surface area contributed by atoms with E-state index in [2.05, 4.69) is 37.0 Å². The number of nitriles is 1. The number of hydrogen-bond donors (Lipinski definition) is 0. The van der Waals surface area contributed by atoms with Crippen LogP contribution in [0.15, 0.2) is 24.3 Å². The van der Waals surface area contributed by atoms with Gasteiger partial charge in [-0.05, 0) is 71.3 Å². The lowest BCUT2D eigenvalue weighted by molar-refractivity contribution is 0.254. The number of ether oxygens (including phenoxy) is 1. The van der Waals surface area contributed by atoms with Gasteiger partial charge in [0.25, 0.3) is 0 Å². The summed E-state index contributed by atoms with van der Waals surface area (Å²) in [5.41, 5.74) is 0.665. The van der Waals surface area contributed by atoms with E-state index in [-0.39, 0.29) is 0 Å². The first kappa shape index (κ1) is 16.5. The van der Waals surface area contributed by atoms with E-state index in [1.54, 1.807) is 12.1 Å². The molecule has 0 unspecified atom stereocenters. The van der Waals surface area contributed by atoms with E-state index in [4.69, 9.17) is 10.00 Å². The summed E-state index contributed by atoms with van der Waals surface area (Å²) in [6.45, 7) is 4.01. The molecule has 0 fully saturated rings. The van der Waals surface area contributed by atoms with Crippen LogP contribution in [0.3, 0.4) is 0 Å². The van der Waals surface area contributed by atoms with E-state index in [1.807, 2.05) is 12.1 Å². The van der Waals surface area contributed by atoms with Crippen LogP contribution in [0.4, 0.5) is 0 Å². The standard InChI is InChI=1S/C16H25N3O/c1-18(2)10-4-11-19(3)12-5-13-20-16-8-6-15(14-17)7-9-16/h6-9H,4-5,10-13H2,1-3H3. The smallest absolute Gasteiger partial charge is 0.119 e. The van der Waals surface area contributed by atoms with Crippen molar-refractivity contribution < 1.29 is 4.74 Å². The number of nitrogens with zero attached hydrogens (tertiary/aromatic N) is 3. The van der Waals surface area contributed by atoms with Gasteiger partial charge in [-0.3, -0.25) is 0 Å². The van der Waals surface area contributed by atoms with Crippen LogP contribution >= 0.6 is 0 Å². The zero-order valence-electron chi connectivity index (χ0n) is 12.8. The molecule has 0 N–H and O–H groups in total. The predicted octanol–water partition coefficient (Wildman–Crippen LogP) is 2.21. The summed E-state index contributed by atoms with van der Waals surface area (Å²) in [5, 5.41) is 8.71. The van der Waals surface area contributed by atoms with Gasteiger partial charge >= 0.3 is 0 Å². The third-order valence-electron chi connectivity index (χ3n) is 3.08. The maximum absolute atomic E-state index is 8.71. The van der Waals surface area contributed by atoms with E-state index in [0.29, 0.717) is 12.2 Å². The van der Waals surface area contributed by atoms with Crippen LogP contribution in [0.2, 0.25) is 0 Å². The molecule has 4 nitrogen and oxygen atoms in total. The van der Waals surface area contributed by atoms with E-state index in [0.717, 1.165) is 31.8 Å². The fourth-order valence-electron chi connectivity index (χ4n) is 1.92. The first-order valence-corrected chi connectivity index (χ1v) is 7.08. The summed E-state index contributed by atoms with van der Waals surface area (Å²) in [7, 11) is 6.36. The van der Waals surface area contributed by atoms with Crippen molar-refractivity contribution in [2.75, 3.05) is 47.4 Å². The molecule has 0 heterocycles. The van der Waals surface area contributed by atoms with Gasteiger partial charge in [0.2, 0.25) is 0 Å². The molecule has 1 rings (SSSR count). The molecule has 0 aliphatic carbocycles. The Morgan fingerprint density at radius 3 is 2.25 bits per heavy atom. The number of benzene rings is 1. The quantitative estimate of drug-likeness (QED) is 0.648. The Morgan fingerprint density at radius 2 is 1.65 bits per heavy atom. The largest absolute Gasteiger partial charge is 0.494 e. The molecule has 0 amide bonds. The van der Waals surface area contributed by atoms with Gasteiger partial charge in [0.1, 0.15) is 5.75 Å². The highest BCUT2D eigenvalue weighted by Crippen LogP contribution is 2.11. The van der Waals surface area contributed by atoms with Gasteiger partial charge < -0.3 is 14.5 Å². The highest BCUT2D eigenvalue weighted by atomic mass is 16.5. The molecule has 1 aromatic rings. The van der Waals surface area contributed by atoms with Gasteiger partial charge in [0, 0.05) is 6.54 Å². The van der Waals surface area contributed by atoms with Gasteiger partial charge in [-0.2, -0.15) is 5.26 Å². The third kappa shape index (κ3) is 7.13. The Morgan fingerprint density at radius 1 is 1.00 bits per heavy atom. The summed E-state index contributed by atoms with van der Waals surface area (Å²) >= 11 is 0. The Bertz CT molecular complexity index is 409. The number of hydrogen-bond acceptors (Lipinski definition) is 4. The molecule has 0 saturated carbocycles. The minimum Gasteiger partial charge on any atom is -0.494 e. The fraction of sp³-hybridized carbons (Fsp3) is 0.562. The molecule has 110 valence electrons. The van der Waals surface area contributed by atoms with Crippen LogP contribution in [-0.4, -0.2) is 57.2 Å². The first-order chi connectivity index (χ1) is 9.61. The molecule has 0 aromatic heterocycles. The van der Waals surface area contributed by atoms with Crippen LogP contribution in [0.1, 0.15) is 18.4 Å². The molecule has 1 aromatic carbocycles. The minimum atomic E-state index is 0.665. The van der Waals surface area contributed by atoms with Crippen LogP contribution in [-0.2, 0) is 0 Å². The van der Waals surface area contributed by atoms with Crippen LogP contribution in [0, 0.1) is 11.3 Å². The van der Waals surface area contributed by atoms with Crippen molar-refractivity contribution in [3.63, 3.8) is 0 Å². The second-order valence-electron chi connectivity index (χ2n) is 5.30. The van der Waals surface area contributed by atoms with Gasteiger partial charge in [-0.25, -0.2) is 0 Å². The molecule has 0 spiro atoms. The molecule has 0 aliphatic heterocycles. The molecule has 0 atom stereocenters. The van der Waals surface area contributed by atoms with Crippen molar-refractivity contribution in [1.29, 1.82) is 5.26 Å². The molecule has 0 aliphatic rings. The zero-order valence-corrected chi connectivity index (χ0v) is 12.8. The van der Waals surface area contributed by atoms with Gasteiger partial charge in [0.05, 0.1) is 18.2 Å². The SMILES string of the molecule is CN(C)CCCN(C)CCCOc1ccc(C#N)cc1. The van der Waals surface area contributed by atoms with Gasteiger partial charge in [-0.15, -0.1) is 0 Å². The Labute approximate surface area is 122 Å². The van der Waals surface area contributed by atoms with Crippen molar-refractivity contribution in [3.8, 4) is 11.8 Å². The van der Waals surface area contributed by atoms with Crippen LogP contribution < -0.4 is 4.74 Å². The Balaban J connectivity index is 2.10. The van der Waals surface area contributed by atoms with E-state index in [9.17, 15) is 0 Å².